The lowest BCUT2D eigenvalue weighted by atomic mass is 9.97. The van der Waals surface area contributed by atoms with E-state index < -0.39 is 17.6 Å². The fourth-order valence-corrected chi connectivity index (χ4v) is 3.81. The Bertz CT molecular complexity index is 1260. The lowest BCUT2D eigenvalue weighted by Crippen LogP contribution is -2.33. The standard InChI is InChI=1S/C26H23FN2O2/c1-15-9-12-20(18(4)13-15)23-24(28-19-11-10-16(2)17(3)14-19)26(31)29(25(23)30)22-8-6-5-7-21(22)27/h5-14,28H,1-4H3. The molecule has 2 amide bonds. The number of benzene rings is 3. The van der Waals surface area contributed by atoms with E-state index in [0.29, 0.717) is 11.3 Å². The molecule has 1 aliphatic heterocycles. The number of nitrogens with one attached hydrogen (secondary N) is 1. The second kappa shape index (κ2) is 7.84. The average molecular weight is 414 g/mol. The van der Waals surface area contributed by atoms with Crippen molar-refractivity contribution in [3.63, 3.8) is 0 Å². The van der Waals surface area contributed by atoms with E-state index in [1.54, 1.807) is 6.07 Å². The summed E-state index contributed by atoms with van der Waals surface area (Å²) in [6, 6.07) is 17.2. The summed E-state index contributed by atoms with van der Waals surface area (Å²) >= 11 is 0. The van der Waals surface area contributed by atoms with Crippen LogP contribution in [-0.2, 0) is 9.59 Å². The van der Waals surface area contributed by atoms with E-state index in [0.717, 1.165) is 27.2 Å². The Balaban J connectivity index is 1.88. The smallest absolute Gasteiger partial charge is 0.282 e. The van der Waals surface area contributed by atoms with Gasteiger partial charge in [0.05, 0.1) is 11.3 Å². The zero-order valence-corrected chi connectivity index (χ0v) is 17.9. The molecule has 0 aliphatic carbocycles. The normalized spacial score (nSPS) is 13.9. The van der Waals surface area contributed by atoms with Gasteiger partial charge in [-0.25, -0.2) is 9.29 Å². The molecule has 0 aromatic heterocycles. The van der Waals surface area contributed by atoms with Gasteiger partial charge in [0.25, 0.3) is 11.8 Å². The summed E-state index contributed by atoms with van der Waals surface area (Å²) in [4.78, 5) is 27.8. The van der Waals surface area contributed by atoms with Gasteiger partial charge >= 0.3 is 0 Å². The zero-order chi connectivity index (χ0) is 22.3. The average Bonchev–Trinajstić information content (AvgIpc) is 2.95. The van der Waals surface area contributed by atoms with Gasteiger partial charge in [0.1, 0.15) is 11.5 Å². The molecular formula is C26H23FN2O2. The summed E-state index contributed by atoms with van der Waals surface area (Å²) in [6.07, 6.45) is 0. The van der Waals surface area contributed by atoms with Gasteiger partial charge in [0.15, 0.2) is 0 Å². The minimum atomic E-state index is -0.628. The number of halogens is 1. The SMILES string of the molecule is Cc1ccc(C2=C(Nc3ccc(C)c(C)c3)C(=O)N(c3ccccc3F)C2=O)c(C)c1. The first-order valence-electron chi connectivity index (χ1n) is 10.1. The fraction of sp³-hybridized carbons (Fsp3) is 0.154. The van der Waals surface area contributed by atoms with E-state index in [-0.39, 0.29) is 17.0 Å². The number of rotatable bonds is 4. The number of hydrogen-bond acceptors (Lipinski definition) is 3. The van der Waals surface area contributed by atoms with E-state index in [1.807, 2.05) is 64.1 Å². The quantitative estimate of drug-likeness (QED) is 0.577. The van der Waals surface area contributed by atoms with Crippen molar-refractivity contribution >= 4 is 28.8 Å². The van der Waals surface area contributed by atoms with Gasteiger partial charge in [-0.3, -0.25) is 9.59 Å². The van der Waals surface area contributed by atoms with Crippen LogP contribution in [0, 0.1) is 33.5 Å². The van der Waals surface area contributed by atoms with Gasteiger partial charge < -0.3 is 5.32 Å². The second-order valence-electron chi connectivity index (χ2n) is 7.89. The van der Waals surface area contributed by atoms with E-state index >= 15 is 0 Å². The minimum Gasteiger partial charge on any atom is -0.350 e. The third-order valence-corrected chi connectivity index (χ3v) is 5.60. The number of anilines is 2. The molecule has 0 spiro atoms. The predicted octanol–water partition coefficient (Wildman–Crippen LogP) is 5.46. The van der Waals surface area contributed by atoms with Gasteiger partial charge in [-0.05, 0) is 74.2 Å². The second-order valence-corrected chi connectivity index (χ2v) is 7.89. The maximum Gasteiger partial charge on any atom is 0.282 e. The van der Waals surface area contributed by atoms with Gasteiger partial charge in [0, 0.05) is 5.69 Å². The molecule has 4 nitrogen and oxygen atoms in total. The van der Waals surface area contributed by atoms with Crippen LogP contribution in [-0.4, -0.2) is 11.8 Å². The zero-order valence-electron chi connectivity index (χ0n) is 17.9. The summed E-state index contributed by atoms with van der Waals surface area (Å²) in [5.74, 6) is -1.76. The van der Waals surface area contributed by atoms with Crippen LogP contribution < -0.4 is 10.2 Å². The third-order valence-electron chi connectivity index (χ3n) is 5.60. The Morgan fingerprint density at radius 3 is 2.19 bits per heavy atom. The molecule has 3 aromatic carbocycles. The Morgan fingerprint density at radius 2 is 1.52 bits per heavy atom. The molecule has 0 unspecified atom stereocenters. The molecule has 3 aromatic rings. The van der Waals surface area contributed by atoms with Crippen molar-refractivity contribution < 1.29 is 14.0 Å². The Kier molecular flexibility index (Phi) is 5.19. The molecule has 0 saturated heterocycles. The molecule has 0 bridgehead atoms. The van der Waals surface area contributed by atoms with Crippen LogP contribution in [0.5, 0.6) is 0 Å². The molecule has 1 heterocycles. The predicted molar refractivity (Wildman–Crippen MR) is 121 cm³/mol. The summed E-state index contributed by atoms with van der Waals surface area (Å²) in [5.41, 5.74) is 5.76. The van der Waals surface area contributed by atoms with Crippen molar-refractivity contribution in [2.24, 2.45) is 0 Å². The maximum atomic E-state index is 14.5. The molecule has 0 atom stereocenters. The van der Waals surface area contributed by atoms with Gasteiger partial charge in [-0.2, -0.15) is 0 Å². The maximum absolute atomic E-state index is 14.5. The molecule has 4 rings (SSSR count). The number of aryl methyl sites for hydroxylation is 4. The molecule has 31 heavy (non-hydrogen) atoms. The molecule has 156 valence electrons. The molecular weight excluding hydrogens is 391 g/mol. The number of nitrogens with zero attached hydrogens (tertiary/aromatic N) is 1. The summed E-state index contributed by atoms with van der Waals surface area (Å²) in [6.45, 7) is 7.84. The number of amides is 2. The van der Waals surface area contributed by atoms with Crippen molar-refractivity contribution in [2.45, 2.75) is 27.7 Å². The van der Waals surface area contributed by atoms with Crippen molar-refractivity contribution in [3.05, 3.63) is 100.0 Å². The van der Waals surface area contributed by atoms with E-state index in [1.165, 1.54) is 18.2 Å². The monoisotopic (exact) mass is 414 g/mol. The first-order valence-corrected chi connectivity index (χ1v) is 10.1. The van der Waals surface area contributed by atoms with E-state index in [2.05, 4.69) is 5.32 Å². The van der Waals surface area contributed by atoms with Gasteiger partial charge in [-0.15, -0.1) is 0 Å². The Morgan fingerprint density at radius 1 is 0.774 bits per heavy atom. The van der Waals surface area contributed by atoms with Crippen LogP contribution in [0.2, 0.25) is 0 Å². The van der Waals surface area contributed by atoms with Crippen molar-refractivity contribution in [2.75, 3.05) is 10.2 Å². The number of carbonyl (C=O) groups is 2. The highest BCUT2D eigenvalue weighted by Gasteiger charge is 2.41. The molecule has 1 N–H and O–H groups in total. The first kappa shape index (κ1) is 20.5. The van der Waals surface area contributed by atoms with Crippen LogP contribution in [0.3, 0.4) is 0 Å². The van der Waals surface area contributed by atoms with Gasteiger partial charge in [-0.1, -0.05) is 42.0 Å². The summed E-state index contributed by atoms with van der Waals surface area (Å²) in [5, 5.41) is 3.14. The third kappa shape index (κ3) is 3.63. The topological polar surface area (TPSA) is 49.4 Å². The largest absolute Gasteiger partial charge is 0.350 e. The Labute approximate surface area is 181 Å². The number of hydrogen-bond donors (Lipinski definition) is 1. The lowest BCUT2D eigenvalue weighted by molar-refractivity contribution is -0.120. The summed E-state index contributed by atoms with van der Waals surface area (Å²) < 4.78 is 14.5. The molecule has 0 saturated carbocycles. The van der Waals surface area contributed by atoms with E-state index in [9.17, 15) is 14.0 Å². The van der Waals surface area contributed by atoms with E-state index in [4.69, 9.17) is 0 Å². The number of para-hydroxylation sites is 1. The lowest BCUT2D eigenvalue weighted by Gasteiger charge is -2.16. The molecule has 1 aliphatic rings. The van der Waals surface area contributed by atoms with Crippen molar-refractivity contribution in [1.29, 1.82) is 0 Å². The van der Waals surface area contributed by atoms with Crippen LogP contribution in [0.1, 0.15) is 27.8 Å². The first-order chi connectivity index (χ1) is 14.8. The highest BCUT2D eigenvalue weighted by molar-refractivity contribution is 6.46. The number of imide groups is 1. The molecule has 5 heteroatoms. The molecule has 0 radical (unpaired) electrons. The van der Waals surface area contributed by atoms with Crippen LogP contribution >= 0.6 is 0 Å². The summed E-state index contributed by atoms with van der Waals surface area (Å²) in [7, 11) is 0. The van der Waals surface area contributed by atoms with Crippen molar-refractivity contribution in [3.8, 4) is 0 Å². The van der Waals surface area contributed by atoms with Crippen molar-refractivity contribution in [1.82, 2.24) is 0 Å². The van der Waals surface area contributed by atoms with Crippen LogP contribution in [0.4, 0.5) is 15.8 Å². The Hall–Kier alpha value is -3.73. The fourth-order valence-electron chi connectivity index (χ4n) is 3.81. The van der Waals surface area contributed by atoms with Gasteiger partial charge in [0.2, 0.25) is 0 Å². The van der Waals surface area contributed by atoms with Crippen LogP contribution in [0.25, 0.3) is 5.57 Å². The highest BCUT2D eigenvalue weighted by Crippen LogP contribution is 2.36. The van der Waals surface area contributed by atoms with Crippen LogP contribution in [0.15, 0.2) is 66.4 Å². The highest BCUT2D eigenvalue weighted by atomic mass is 19.1. The minimum absolute atomic E-state index is 0.0587. The molecule has 0 fully saturated rings. The number of carbonyl (C=O) groups excluding carboxylic acids is 2.